The Kier molecular flexibility index (Phi) is 5.21. The Balaban J connectivity index is 1.89. The van der Waals surface area contributed by atoms with Gasteiger partial charge in [0, 0.05) is 39.1 Å². The van der Waals surface area contributed by atoms with E-state index < -0.39 is 5.60 Å². The first-order valence-corrected chi connectivity index (χ1v) is 7.81. The maximum atomic E-state index is 12.2. The van der Waals surface area contributed by atoms with Crippen molar-refractivity contribution in [3.63, 3.8) is 0 Å². The van der Waals surface area contributed by atoms with Crippen LogP contribution in [0.3, 0.4) is 0 Å². The predicted molar refractivity (Wildman–Crippen MR) is 85.8 cm³/mol. The molecule has 0 unspecified atom stereocenters. The number of ether oxygens (including phenoxy) is 1. The van der Waals surface area contributed by atoms with Gasteiger partial charge in [-0.2, -0.15) is 0 Å². The molecule has 22 heavy (non-hydrogen) atoms. The van der Waals surface area contributed by atoms with Crippen LogP contribution >= 0.6 is 0 Å². The summed E-state index contributed by atoms with van der Waals surface area (Å²) < 4.78 is 5.46. The van der Waals surface area contributed by atoms with E-state index in [2.05, 4.69) is 9.97 Å². The second kappa shape index (κ2) is 6.94. The zero-order chi connectivity index (χ0) is 16.2. The number of likely N-dealkylation sites (tertiary alicyclic amines) is 1. The van der Waals surface area contributed by atoms with Crippen LogP contribution < -0.4 is 4.90 Å². The van der Waals surface area contributed by atoms with E-state index >= 15 is 0 Å². The molecule has 0 radical (unpaired) electrons. The van der Waals surface area contributed by atoms with Crippen LogP contribution in [0.25, 0.3) is 0 Å². The summed E-state index contributed by atoms with van der Waals surface area (Å²) in [6.45, 7) is 8.03. The van der Waals surface area contributed by atoms with Gasteiger partial charge in [-0.3, -0.25) is 0 Å². The topological polar surface area (TPSA) is 58.6 Å². The molecule has 1 aliphatic rings. The highest BCUT2D eigenvalue weighted by Gasteiger charge is 2.28. The largest absolute Gasteiger partial charge is 0.444 e. The summed E-state index contributed by atoms with van der Waals surface area (Å²) in [5.41, 5.74) is -0.446. The Morgan fingerprint density at radius 2 is 2.09 bits per heavy atom. The lowest BCUT2D eigenvalue weighted by molar-refractivity contribution is 0.0170. The molecule has 0 aromatic carbocycles. The van der Waals surface area contributed by atoms with E-state index in [0.29, 0.717) is 5.92 Å². The second-order valence-corrected chi connectivity index (χ2v) is 6.86. The number of rotatable bonds is 3. The molecule has 0 spiro atoms. The molecule has 1 fully saturated rings. The fourth-order valence-electron chi connectivity index (χ4n) is 2.66. The predicted octanol–water partition coefficient (Wildman–Crippen LogP) is 2.56. The third-order valence-electron chi connectivity index (χ3n) is 3.60. The molecule has 2 rings (SSSR count). The van der Waals surface area contributed by atoms with E-state index in [1.807, 2.05) is 43.7 Å². The summed E-state index contributed by atoms with van der Waals surface area (Å²) >= 11 is 0. The van der Waals surface area contributed by atoms with Crippen molar-refractivity contribution < 1.29 is 9.53 Å². The Morgan fingerprint density at radius 3 is 2.73 bits per heavy atom. The van der Waals surface area contributed by atoms with Crippen LogP contribution in [-0.4, -0.2) is 53.2 Å². The van der Waals surface area contributed by atoms with Crippen LogP contribution in [0.1, 0.15) is 33.6 Å². The highest BCUT2D eigenvalue weighted by atomic mass is 16.6. The normalized spacial score (nSPS) is 18.9. The van der Waals surface area contributed by atoms with E-state index in [9.17, 15) is 4.79 Å². The maximum Gasteiger partial charge on any atom is 0.410 e. The Labute approximate surface area is 132 Å². The average molecular weight is 306 g/mol. The van der Waals surface area contributed by atoms with Crippen LogP contribution in [0.5, 0.6) is 0 Å². The van der Waals surface area contributed by atoms with Crippen molar-refractivity contribution in [2.45, 2.75) is 39.2 Å². The van der Waals surface area contributed by atoms with E-state index in [0.717, 1.165) is 38.4 Å². The lowest BCUT2D eigenvalue weighted by atomic mass is 9.98. The smallest absolute Gasteiger partial charge is 0.410 e. The number of amides is 1. The van der Waals surface area contributed by atoms with E-state index in [4.69, 9.17) is 4.74 Å². The van der Waals surface area contributed by atoms with Gasteiger partial charge >= 0.3 is 6.09 Å². The van der Waals surface area contributed by atoms with Gasteiger partial charge in [-0.05, 0) is 45.6 Å². The first kappa shape index (κ1) is 16.5. The van der Waals surface area contributed by atoms with Gasteiger partial charge in [0.15, 0.2) is 0 Å². The van der Waals surface area contributed by atoms with Crippen LogP contribution in [0, 0.1) is 5.92 Å². The van der Waals surface area contributed by atoms with Crippen molar-refractivity contribution in [3.05, 3.63) is 18.5 Å². The van der Waals surface area contributed by atoms with Gasteiger partial charge in [0.05, 0.1) is 0 Å². The minimum atomic E-state index is -0.446. The van der Waals surface area contributed by atoms with Crippen molar-refractivity contribution in [1.82, 2.24) is 14.9 Å². The van der Waals surface area contributed by atoms with Gasteiger partial charge < -0.3 is 14.5 Å². The number of carbonyl (C=O) groups excluding carboxylic acids is 1. The summed E-state index contributed by atoms with van der Waals surface area (Å²) in [4.78, 5) is 24.6. The van der Waals surface area contributed by atoms with Crippen LogP contribution in [0.2, 0.25) is 0 Å². The van der Waals surface area contributed by atoms with Crippen molar-refractivity contribution in [3.8, 4) is 0 Å². The van der Waals surface area contributed by atoms with Crippen LogP contribution in [-0.2, 0) is 4.74 Å². The van der Waals surface area contributed by atoms with E-state index in [-0.39, 0.29) is 6.09 Å². The van der Waals surface area contributed by atoms with Crippen molar-refractivity contribution in [2.24, 2.45) is 5.92 Å². The van der Waals surface area contributed by atoms with Crippen LogP contribution in [0.4, 0.5) is 10.7 Å². The zero-order valence-corrected chi connectivity index (χ0v) is 14.0. The molecule has 1 aromatic heterocycles. The molecule has 1 aliphatic heterocycles. The van der Waals surface area contributed by atoms with Gasteiger partial charge in [-0.15, -0.1) is 0 Å². The molecule has 1 amide bonds. The number of hydrogen-bond donors (Lipinski definition) is 0. The fourth-order valence-corrected chi connectivity index (χ4v) is 2.66. The molecule has 6 heteroatoms. The highest BCUT2D eigenvalue weighted by Crippen LogP contribution is 2.20. The van der Waals surface area contributed by atoms with E-state index in [1.54, 1.807) is 12.4 Å². The van der Waals surface area contributed by atoms with Gasteiger partial charge in [0.25, 0.3) is 0 Å². The number of hydrogen-bond acceptors (Lipinski definition) is 5. The van der Waals surface area contributed by atoms with Gasteiger partial charge in [0.1, 0.15) is 5.60 Å². The molecule has 122 valence electrons. The lowest BCUT2D eigenvalue weighted by Gasteiger charge is -2.35. The first-order chi connectivity index (χ1) is 10.3. The molecule has 2 heterocycles. The number of piperidine rings is 1. The molecule has 1 saturated heterocycles. The molecule has 0 bridgehead atoms. The van der Waals surface area contributed by atoms with Gasteiger partial charge in [-0.25, -0.2) is 14.8 Å². The zero-order valence-electron chi connectivity index (χ0n) is 14.0. The summed E-state index contributed by atoms with van der Waals surface area (Å²) in [5, 5.41) is 0. The van der Waals surface area contributed by atoms with Crippen molar-refractivity contribution in [2.75, 3.05) is 31.6 Å². The van der Waals surface area contributed by atoms with Gasteiger partial charge in [-0.1, -0.05) is 0 Å². The first-order valence-electron chi connectivity index (χ1n) is 7.81. The lowest BCUT2D eigenvalue weighted by Crippen LogP contribution is -2.45. The minimum Gasteiger partial charge on any atom is -0.444 e. The molecule has 6 nitrogen and oxygen atoms in total. The monoisotopic (exact) mass is 306 g/mol. The fraction of sp³-hybridized carbons (Fsp3) is 0.688. The number of anilines is 1. The Morgan fingerprint density at radius 1 is 1.41 bits per heavy atom. The SMILES string of the molecule is CN(C[C@@H]1CCCN(C(=O)OC(C)(C)C)C1)c1ncccn1. The Hall–Kier alpha value is -1.85. The quantitative estimate of drug-likeness (QED) is 0.859. The van der Waals surface area contributed by atoms with Gasteiger partial charge in [0.2, 0.25) is 5.95 Å². The molecular weight excluding hydrogens is 280 g/mol. The van der Waals surface area contributed by atoms with Crippen molar-refractivity contribution in [1.29, 1.82) is 0 Å². The maximum absolute atomic E-state index is 12.2. The standard InChI is InChI=1S/C16H26N4O2/c1-16(2,3)22-15(21)20-10-5-7-13(12-20)11-19(4)14-17-8-6-9-18-14/h6,8-9,13H,5,7,10-12H2,1-4H3/t13-/m0/s1. The summed E-state index contributed by atoms with van der Waals surface area (Å²) in [6.07, 6.45) is 5.39. The minimum absolute atomic E-state index is 0.212. The summed E-state index contributed by atoms with van der Waals surface area (Å²) in [7, 11) is 1.99. The second-order valence-electron chi connectivity index (χ2n) is 6.86. The van der Waals surface area contributed by atoms with Crippen LogP contribution in [0.15, 0.2) is 18.5 Å². The third kappa shape index (κ3) is 4.86. The molecule has 0 saturated carbocycles. The highest BCUT2D eigenvalue weighted by molar-refractivity contribution is 5.68. The third-order valence-corrected chi connectivity index (χ3v) is 3.60. The molecule has 1 aromatic rings. The number of carbonyl (C=O) groups is 1. The molecule has 0 N–H and O–H groups in total. The molecule has 1 atom stereocenters. The van der Waals surface area contributed by atoms with E-state index in [1.165, 1.54) is 0 Å². The average Bonchev–Trinajstić information content (AvgIpc) is 2.46. The number of nitrogens with zero attached hydrogens (tertiary/aromatic N) is 4. The molecule has 0 aliphatic carbocycles. The Bertz CT molecular complexity index is 487. The summed E-state index contributed by atoms with van der Waals surface area (Å²) in [5.74, 6) is 1.13. The summed E-state index contributed by atoms with van der Waals surface area (Å²) in [6, 6.07) is 1.81. The molecular formula is C16H26N4O2. The number of aromatic nitrogens is 2. The van der Waals surface area contributed by atoms with Crippen molar-refractivity contribution >= 4 is 12.0 Å².